The van der Waals surface area contributed by atoms with Crippen molar-refractivity contribution >= 4 is 34.2 Å². The summed E-state index contributed by atoms with van der Waals surface area (Å²) in [6.07, 6.45) is 0. The fourth-order valence-corrected chi connectivity index (χ4v) is 2.49. The second-order valence-corrected chi connectivity index (χ2v) is 7.50. The second kappa shape index (κ2) is 6.19. The molecule has 0 heterocycles. The number of hydrogen-bond acceptors (Lipinski definition) is 1. The van der Waals surface area contributed by atoms with Gasteiger partial charge in [0.25, 0.3) is 0 Å². The summed E-state index contributed by atoms with van der Waals surface area (Å²) in [5.41, 5.74) is 0.988. The first-order valence-corrected chi connectivity index (χ1v) is 7.40. The first-order chi connectivity index (χ1) is 7.84. The Balaban J connectivity index is 2.79. The van der Waals surface area contributed by atoms with Crippen molar-refractivity contribution in [1.29, 1.82) is 0 Å². The predicted molar refractivity (Wildman–Crippen MR) is 75.9 cm³/mol. The lowest BCUT2D eigenvalue weighted by Crippen LogP contribution is -2.36. The molecule has 1 aromatic rings. The summed E-state index contributed by atoms with van der Waals surface area (Å²) < 4.78 is 14.7. The first kappa shape index (κ1) is 15.0. The first-order valence-electron chi connectivity index (χ1n) is 5.34. The van der Waals surface area contributed by atoms with Crippen molar-refractivity contribution in [3.05, 3.63) is 34.9 Å². The zero-order chi connectivity index (χ0) is 13.1. The second-order valence-electron chi connectivity index (χ2n) is 4.76. The van der Waals surface area contributed by atoms with E-state index < -0.39 is 11.0 Å². The number of hydrogen-bond donors (Lipinski definition) is 1. The third-order valence-electron chi connectivity index (χ3n) is 2.23. The van der Waals surface area contributed by atoms with Crippen LogP contribution in [-0.2, 0) is 11.0 Å². The van der Waals surface area contributed by atoms with E-state index in [4.69, 9.17) is 23.2 Å². The maximum Gasteiger partial charge on any atom is 0.0976 e. The van der Waals surface area contributed by atoms with Crippen LogP contribution in [0.25, 0.3) is 0 Å². The summed E-state index contributed by atoms with van der Waals surface area (Å²) in [4.78, 5) is 0. The number of nitrogens with one attached hydrogen (secondary N) is 1. The molecule has 96 valence electrons. The molecule has 2 atom stereocenters. The van der Waals surface area contributed by atoms with Crippen molar-refractivity contribution in [2.24, 2.45) is 0 Å². The Bertz CT molecular complexity index is 386. The van der Waals surface area contributed by atoms with Crippen molar-refractivity contribution in [1.82, 2.24) is 4.72 Å². The highest BCUT2D eigenvalue weighted by Gasteiger charge is 2.23. The molecule has 0 aliphatic carbocycles. The fraction of sp³-hybridized carbons (Fsp3) is 0.500. The summed E-state index contributed by atoms with van der Waals surface area (Å²) >= 11 is 11.7. The Morgan fingerprint density at radius 2 is 1.82 bits per heavy atom. The van der Waals surface area contributed by atoms with Crippen LogP contribution in [0.15, 0.2) is 24.3 Å². The van der Waals surface area contributed by atoms with E-state index in [1.807, 2.05) is 32.9 Å². The highest BCUT2D eigenvalue weighted by Crippen LogP contribution is 2.20. The third kappa shape index (κ3) is 4.59. The molecule has 0 aliphatic rings. The Labute approximate surface area is 115 Å². The molecule has 17 heavy (non-hydrogen) atoms. The fourth-order valence-electron chi connectivity index (χ4n) is 1.19. The lowest BCUT2D eigenvalue weighted by molar-refractivity contribution is 0.617. The molecule has 0 unspecified atom stereocenters. The Hall–Kier alpha value is -0.0900. The summed E-state index contributed by atoms with van der Waals surface area (Å²) in [5.74, 6) is 0.365. The highest BCUT2D eigenvalue weighted by molar-refractivity contribution is 7.84. The molecule has 1 rings (SSSR count). The van der Waals surface area contributed by atoms with Crippen LogP contribution in [0.1, 0.15) is 32.4 Å². The van der Waals surface area contributed by atoms with Crippen LogP contribution in [0, 0.1) is 0 Å². The molecular weight excluding hydrogens is 277 g/mol. The van der Waals surface area contributed by atoms with Gasteiger partial charge in [-0.2, -0.15) is 0 Å². The average molecular weight is 294 g/mol. The normalized spacial score (nSPS) is 15.6. The van der Waals surface area contributed by atoms with Crippen molar-refractivity contribution in [2.75, 3.05) is 5.88 Å². The van der Waals surface area contributed by atoms with Crippen molar-refractivity contribution in [3.63, 3.8) is 0 Å². The molecular formula is C12H17Cl2NOS. The van der Waals surface area contributed by atoms with E-state index in [1.165, 1.54) is 0 Å². The van der Waals surface area contributed by atoms with Gasteiger partial charge >= 0.3 is 0 Å². The Morgan fingerprint density at radius 3 is 2.24 bits per heavy atom. The van der Waals surface area contributed by atoms with Crippen LogP contribution in [0.2, 0.25) is 5.02 Å². The van der Waals surface area contributed by atoms with Crippen molar-refractivity contribution < 1.29 is 4.21 Å². The molecule has 0 radical (unpaired) electrons. The highest BCUT2D eigenvalue weighted by atomic mass is 35.5. The lowest BCUT2D eigenvalue weighted by atomic mass is 10.1. The van der Waals surface area contributed by atoms with Crippen LogP contribution < -0.4 is 4.72 Å². The quantitative estimate of drug-likeness (QED) is 0.843. The van der Waals surface area contributed by atoms with E-state index in [2.05, 4.69) is 4.72 Å². The number of rotatable bonds is 4. The van der Waals surface area contributed by atoms with Crippen LogP contribution in [-0.4, -0.2) is 14.8 Å². The van der Waals surface area contributed by atoms with Crippen LogP contribution >= 0.6 is 23.2 Å². The summed E-state index contributed by atoms with van der Waals surface area (Å²) in [7, 11) is -1.14. The summed E-state index contributed by atoms with van der Waals surface area (Å²) in [6.45, 7) is 5.76. The maximum absolute atomic E-state index is 12.0. The standard InChI is InChI=1S/C12H17Cl2NOS/c1-12(2,3)17(16)15-11(8-13)9-4-6-10(14)7-5-9/h4-7,11,15H,8H2,1-3H3/t11-,17+/m0/s1. The van der Waals surface area contributed by atoms with Crippen LogP contribution in [0.4, 0.5) is 0 Å². The minimum Gasteiger partial charge on any atom is -0.242 e. The van der Waals surface area contributed by atoms with Crippen LogP contribution in [0.3, 0.4) is 0 Å². The van der Waals surface area contributed by atoms with Crippen LogP contribution in [0.5, 0.6) is 0 Å². The molecule has 0 bridgehead atoms. The summed E-state index contributed by atoms with van der Waals surface area (Å²) in [6, 6.07) is 7.26. The van der Waals surface area contributed by atoms with E-state index in [1.54, 1.807) is 12.1 Å². The van der Waals surface area contributed by atoms with Gasteiger partial charge in [0.05, 0.1) is 21.8 Å². The number of halogens is 2. The number of alkyl halides is 1. The maximum atomic E-state index is 12.0. The zero-order valence-corrected chi connectivity index (χ0v) is 12.5. The van der Waals surface area contributed by atoms with E-state index in [0.29, 0.717) is 10.9 Å². The van der Waals surface area contributed by atoms with Gasteiger partial charge in [-0.1, -0.05) is 23.7 Å². The minimum absolute atomic E-state index is 0.131. The topological polar surface area (TPSA) is 29.1 Å². The molecule has 0 fully saturated rings. The van der Waals surface area contributed by atoms with Gasteiger partial charge in [0.2, 0.25) is 0 Å². The molecule has 1 aromatic carbocycles. The van der Waals surface area contributed by atoms with Gasteiger partial charge in [-0.15, -0.1) is 11.6 Å². The predicted octanol–water partition coefficient (Wildman–Crippen LogP) is 3.67. The van der Waals surface area contributed by atoms with E-state index in [9.17, 15) is 4.21 Å². The SMILES string of the molecule is CC(C)(C)[S@@](=O)N[C@@H](CCl)c1ccc(Cl)cc1. The van der Waals surface area contributed by atoms with Gasteiger partial charge in [0.15, 0.2) is 0 Å². The number of benzene rings is 1. The lowest BCUT2D eigenvalue weighted by Gasteiger charge is -2.23. The zero-order valence-electron chi connectivity index (χ0n) is 10.2. The molecule has 2 nitrogen and oxygen atoms in total. The molecule has 0 spiro atoms. The smallest absolute Gasteiger partial charge is 0.0976 e. The van der Waals surface area contributed by atoms with Crippen molar-refractivity contribution in [3.8, 4) is 0 Å². The molecule has 0 aliphatic heterocycles. The monoisotopic (exact) mass is 293 g/mol. The Kier molecular flexibility index (Phi) is 5.45. The van der Waals surface area contributed by atoms with Gasteiger partial charge < -0.3 is 0 Å². The molecule has 0 aromatic heterocycles. The van der Waals surface area contributed by atoms with E-state index in [0.717, 1.165) is 5.56 Å². The minimum atomic E-state index is -1.14. The Morgan fingerprint density at radius 1 is 1.29 bits per heavy atom. The molecule has 0 saturated heterocycles. The van der Waals surface area contributed by atoms with Gasteiger partial charge in [0, 0.05) is 10.9 Å². The van der Waals surface area contributed by atoms with E-state index in [-0.39, 0.29) is 10.8 Å². The third-order valence-corrected chi connectivity index (χ3v) is 4.40. The molecule has 0 amide bonds. The van der Waals surface area contributed by atoms with Gasteiger partial charge in [-0.05, 0) is 38.5 Å². The van der Waals surface area contributed by atoms with Gasteiger partial charge in [-0.25, -0.2) is 8.93 Å². The molecule has 1 N–H and O–H groups in total. The average Bonchev–Trinajstić information content (AvgIpc) is 2.25. The summed E-state index contributed by atoms with van der Waals surface area (Å²) in [5, 5.41) is 0.680. The van der Waals surface area contributed by atoms with Crippen molar-refractivity contribution in [2.45, 2.75) is 31.6 Å². The largest absolute Gasteiger partial charge is 0.242 e. The van der Waals surface area contributed by atoms with E-state index >= 15 is 0 Å². The molecule has 5 heteroatoms. The molecule has 0 saturated carbocycles. The van der Waals surface area contributed by atoms with Gasteiger partial charge in [-0.3, -0.25) is 0 Å². The van der Waals surface area contributed by atoms with Gasteiger partial charge in [0.1, 0.15) is 0 Å².